The lowest BCUT2D eigenvalue weighted by Crippen LogP contribution is -2.48. The Hall–Kier alpha value is -1.58. The second-order valence-corrected chi connectivity index (χ2v) is 2.42. The average molecular weight is 169 g/mol. The van der Waals surface area contributed by atoms with Gasteiger partial charge in [0.15, 0.2) is 0 Å². The number of nitrogen functional groups attached to an aromatic ring is 1. The zero-order chi connectivity index (χ0) is 11.6. The number of nitrogens with two attached hydrogens (primary N) is 1. The van der Waals surface area contributed by atoms with Crippen LogP contribution in [0.3, 0.4) is 0 Å². The van der Waals surface area contributed by atoms with E-state index in [4.69, 9.17) is 9.85 Å². The van der Waals surface area contributed by atoms with Crippen LogP contribution in [-0.2, 0) is 0 Å². The number of amides is 1. The quantitative estimate of drug-likeness (QED) is 0.539. The molecule has 4 heteroatoms. The van der Waals surface area contributed by atoms with Crippen molar-refractivity contribution in [3.63, 3.8) is 0 Å². The molecular formula is C8H12N3O+. The molecule has 0 aliphatic heterocycles. The summed E-state index contributed by atoms with van der Waals surface area (Å²) < 4.78 is 21.7. The maximum absolute atomic E-state index is 11.4. The third-order valence-electron chi connectivity index (χ3n) is 1.56. The third-order valence-corrected chi connectivity index (χ3v) is 1.56. The predicted molar refractivity (Wildman–Crippen MR) is 45.6 cm³/mol. The first-order valence-electron chi connectivity index (χ1n) is 4.89. The lowest BCUT2D eigenvalue weighted by molar-refractivity contribution is -0.571. The van der Waals surface area contributed by atoms with E-state index in [0.29, 0.717) is 5.69 Å². The monoisotopic (exact) mass is 169 g/mol. The molecule has 0 saturated heterocycles. The van der Waals surface area contributed by atoms with Crippen molar-refractivity contribution in [2.24, 2.45) is 0 Å². The number of nitrogens with one attached hydrogen (secondary N) is 1. The Bertz CT molecular complexity index is 389. The van der Waals surface area contributed by atoms with Crippen LogP contribution < -0.4 is 15.6 Å². The second kappa shape index (κ2) is 3.21. The molecule has 0 saturated carbocycles. The molecule has 0 aliphatic rings. The highest BCUT2D eigenvalue weighted by Gasteiger charge is 2.09. The SMILES string of the molecule is [2H]C([2H])([2H])NC(=O)[n+]1ccc(C)c(N)c1. The molecule has 0 fully saturated rings. The highest BCUT2D eigenvalue weighted by Crippen LogP contribution is 2.03. The molecule has 1 rings (SSSR count). The number of aromatic nitrogens is 1. The Labute approximate surface area is 75.2 Å². The van der Waals surface area contributed by atoms with E-state index in [2.05, 4.69) is 0 Å². The Morgan fingerprint density at radius 3 is 3.17 bits per heavy atom. The predicted octanol–water partition coefficient (Wildman–Crippen LogP) is 0.0522. The zero-order valence-electron chi connectivity index (χ0n) is 9.66. The lowest BCUT2D eigenvalue weighted by atomic mass is 10.2. The number of carbonyl (C=O) groups excluding carboxylic acids is 1. The van der Waals surface area contributed by atoms with Crippen molar-refractivity contribution in [3.8, 4) is 0 Å². The molecular weight excluding hydrogens is 154 g/mol. The molecule has 64 valence electrons. The first-order valence-corrected chi connectivity index (χ1v) is 3.39. The van der Waals surface area contributed by atoms with Crippen LogP contribution >= 0.6 is 0 Å². The van der Waals surface area contributed by atoms with E-state index in [1.165, 1.54) is 12.4 Å². The van der Waals surface area contributed by atoms with Crippen LogP contribution in [-0.4, -0.2) is 13.0 Å². The molecule has 0 spiro atoms. The fourth-order valence-corrected chi connectivity index (χ4v) is 0.774. The van der Waals surface area contributed by atoms with Crippen molar-refractivity contribution in [3.05, 3.63) is 24.0 Å². The molecule has 1 heterocycles. The van der Waals surface area contributed by atoms with Gasteiger partial charge in [-0.25, -0.2) is 5.32 Å². The minimum atomic E-state index is -2.50. The van der Waals surface area contributed by atoms with Crippen LogP contribution in [0.4, 0.5) is 10.5 Å². The molecule has 0 aromatic carbocycles. The normalized spacial score (nSPS) is 14.2. The molecule has 0 bridgehead atoms. The lowest BCUT2D eigenvalue weighted by Gasteiger charge is -1.99. The number of rotatable bonds is 0. The number of carbonyl (C=O) groups is 1. The van der Waals surface area contributed by atoms with Gasteiger partial charge in [-0.1, -0.05) is 0 Å². The molecule has 12 heavy (non-hydrogen) atoms. The summed E-state index contributed by atoms with van der Waals surface area (Å²) in [6.07, 6.45) is 2.82. The van der Waals surface area contributed by atoms with E-state index >= 15 is 0 Å². The van der Waals surface area contributed by atoms with Gasteiger partial charge in [0.2, 0.25) is 0 Å². The fraction of sp³-hybridized carbons (Fsp3) is 0.250. The third kappa shape index (κ3) is 1.53. The van der Waals surface area contributed by atoms with Gasteiger partial charge in [0.05, 0.1) is 23.0 Å². The number of aryl methyl sites for hydroxylation is 1. The van der Waals surface area contributed by atoms with E-state index in [1.54, 1.807) is 13.0 Å². The van der Waals surface area contributed by atoms with Crippen molar-refractivity contribution < 1.29 is 13.5 Å². The average Bonchev–Trinajstić information content (AvgIpc) is 2.06. The standard InChI is InChI=1S/C8H11N3O/c1-6-3-4-11(5-7(6)9)8(12)10-2/h3-5H,9H2,1-2H3/p+1/i2D3. The van der Waals surface area contributed by atoms with Crippen LogP contribution in [0, 0.1) is 6.92 Å². The van der Waals surface area contributed by atoms with E-state index in [0.717, 1.165) is 10.1 Å². The summed E-state index contributed by atoms with van der Waals surface area (Å²) in [5.41, 5.74) is 6.84. The van der Waals surface area contributed by atoms with E-state index in [-0.39, 0.29) is 0 Å². The Kier molecular flexibility index (Phi) is 1.37. The van der Waals surface area contributed by atoms with Crippen LogP contribution in [0.25, 0.3) is 0 Å². The topological polar surface area (TPSA) is 59.0 Å². The number of pyridine rings is 1. The molecule has 4 nitrogen and oxygen atoms in total. The molecule has 0 unspecified atom stereocenters. The van der Waals surface area contributed by atoms with Crippen LogP contribution in [0.15, 0.2) is 18.5 Å². The molecule has 1 aromatic heterocycles. The first kappa shape index (κ1) is 5.13. The molecule has 0 atom stereocenters. The van der Waals surface area contributed by atoms with Crippen molar-refractivity contribution in [2.75, 3.05) is 12.7 Å². The number of anilines is 1. The van der Waals surface area contributed by atoms with E-state index in [1.807, 2.05) is 5.32 Å². The Morgan fingerprint density at radius 1 is 1.83 bits per heavy atom. The van der Waals surface area contributed by atoms with Crippen molar-refractivity contribution in [2.45, 2.75) is 6.92 Å². The summed E-state index contributed by atoms with van der Waals surface area (Å²) in [6.45, 7) is -0.703. The van der Waals surface area contributed by atoms with Crippen molar-refractivity contribution >= 4 is 11.7 Å². The number of nitrogens with zero attached hydrogens (tertiary/aromatic N) is 1. The van der Waals surface area contributed by atoms with Gasteiger partial charge in [-0.2, -0.15) is 9.36 Å². The second-order valence-electron chi connectivity index (χ2n) is 2.42. The summed E-state index contributed by atoms with van der Waals surface area (Å²) in [6, 6.07) is 0.899. The summed E-state index contributed by atoms with van der Waals surface area (Å²) in [5.74, 6) is 0. The maximum Gasteiger partial charge on any atom is 0.495 e. The molecule has 1 aromatic rings. The number of hydrogen-bond acceptors (Lipinski definition) is 2. The van der Waals surface area contributed by atoms with Gasteiger partial charge in [-0.15, -0.1) is 0 Å². The van der Waals surface area contributed by atoms with E-state index in [9.17, 15) is 4.79 Å². The van der Waals surface area contributed by atoms with Gasteiger partial charge < -0.3 is 5.73 Å². The summed E-state index contributed by atoms with van der Waals surface area (Å²) >= 11 is 0. The Morgan fingerprint density at radius 2 is 2.58 bits per heavy atom. The van der Waals surface area contributed by atoms with Crippen molar-refractivity contribution in [1.82, 2.24) is 5.32 Å². The zero-order valence-corrected chi connectivity index (χ0v) is 6.66. The smallest absolute Gasteiger partial charge is 0.396 e. The van der Waals surface area contributed by atoms with Gasteiger partial charge in [0.1, 0.15) is 6.20 Å². The molecule has 0 radical (unpaired) electrons. The van der Waals surface area contributed by atoms with Gasteiger partial charge in [0.25, 0.3) is 0 Å². The number of hydrogen-bond donors (Lipinski definition) is 2. The minimum Gasteiger partial charge on any atom is -0.396 e. The first-order chi connectivity index (χ1) is 6.79. The van der Waals surface area contributed by atoms with Gasteiger partial charge in [0, 0.05) is 0 Å². The van der Waals surface area contributed by atoms with Crippen LogP contribution in [0.1, 0.15) is 9.68 Å². The minimum absolute atomic E-state index is 0.429. The summed E-state index contributed by atoms with van der Waals surface area (Å²) in [7, 11) is 0. The fourth-order valence-electron chi connectivity index (χ4n) is 0.774. The van der Waals surface area contributed by atoms with Gasteiger partial charge in [-0.05, 0) is 18.6 Å². The largest absolute Gasteiger partial charge is 0.495 e. The maximum atomic E-state index is 11.4. The van der Waals surface area contributed by atoms with Crippen LogP contribution in [0.5, 0.6) is 0 Å². The van der Waals surface area contributed by atoms with E-state index < -0.39 is 13.0 Å². The molecule has 0 aliphatic carbocycles. The highest BCUT2D eigenvalue weighted by atomic mass is 16.2. The molecule has 3 N–H and O–H groups in total. The summed E-state index contributed by atoms with van der Waals surface area (Å²) in [4.78, 5) is 11.4. The van der Waals surface area contributed by atoms with Crippen LogP contribution in [0.2, 0.25) is 0 Å². The van der Waals surface area contributed by atoms with Gasteiger partial charge >= 0.3 is 6.03 Å². The van der Waals surface area contributed by atoms with Crippen molar-refractivity contribution in [1.29, 1.82) is 0 Å². The Balaban J connectivity index is 2.88. The van der Waals surface area contributed by atoms with Gasteiger partial charge in [-0.3, -0.25) is 0 Å². The summed E-state index contributed by atoms with van der Waals surface area (Å²) in [5, 5.41) is 1.85. The molecule has 1 amide bonds. The highest BCUT2D eigenvalue weighted by molar-refractivity contribution is 5.64.